The fourth-order valence-electron chi connectivity index (χ4n) is 2.54. The van der Waals surface area contributed by atoms with E-state index in [9.17, 15) is 9.18 Å². The molecule has 0 radical (unpaired) electrons. The highest BCUT2D eigenvalue weighted by Crippen LogP contribution is 2.20. The number of ether oxygens (including phenoxy) is 2. The van der Waals surface area contributed by atoms with Gasteiger partial charge in [-0.05, 0) is 12.1 Å². The van der Waals surface area contributed by atoms with E-state index in [0.717, 1.165) is 0 Å². The van der Waals surface area contributed by atoms with Gasteiger partial charge in [0.2, 0.25) is 5.91 Å². The van der Waals surface area contributed by atoms with Crippen molar-refractivity contribution in [3.8, 4) is 5.75 Å². The highest BCUT2D eigenvalue weighted by molar-refractivity contribution is 6.31. The van der Waals surface area contributed by atoms with Gasteiger partial charge >= 0.3 is 0 Å². The Morgan fingerprint density at radius 2 is 2.38 bits per heavy atom. The van der Waals surface area contributed by atoms with Crippen LogP contribution in [-0.2, 0) is 23.0 Å². The number of nitrogens with zero attached hydrogens (tertiary/aromatic N) is 2. The van der Waals surface area contributed by atoms with Gasteiger partial charge in [0, 0.05) is 17.6 Å². The molecule has 1 aromatic heterocycles. The van der Waals surface area contributed by atoms with Crippen LogP contribution in [0.15, 0.2) is 30.6 Å². The average molecular weight is 354 g/mol. The maximum atomic E-state index is 13.8. The van der Waals surface area contributed by atoms with Crippen molar-refractivity contribution in [3.63, 3.8) is 0 Å². The van der Waals surface area contributed by atoms with Crippen molar-refractivity contribution >= 4 is 17.5 Å². The molecule has 0 unspecified atom stereocenters. The third-order valence-corrected chi connectivity index (χ3v) is 4.10. The lowest BCUT2D eigenvalue weighted by Crippen LogP contribution is -2.45. The minimum Gasteiger partial charge on any atom is -0.482 e. The summed E-state index contributed by atoms with van der Waals surface area (Å²) in [4.78, 5) is 12.2. The smallest absolute Gasteiger partial charge is 0.225 e. The van der Waals surface area contributed by atoms with Crippen molar-refractivity contribution < 1.29 is 18.7 Å². The van der Waals surface area contributed by atoms with E-state index in [1.807, 2.05) is 0 Å². The number of aromatic nitrogens is 2. The highest BCUT2D eigenvalue weighted by atomic mass is 35.5. The first-order chi connectivity index (χ1) is 11.5. The third-order valence-electron chi connectivity index (χ3n) is 3.74. The van der Waals surface area contributed by atoms with Crippen molar-refractivity contribution in [1.29, 1.82) is 0 Å². The fraction of sp³-hybridized carbons (Fsp3) is 0.375. The van der Waals surface area contributed by atoms with E-state index in [1.54, 1.807) is 30.2 Å². The zero-order valence-corrected chi connectivity index (χ0v) is 13.8. The molecule has 2 heterocycles. The lowest BCUT2D eigenvalue weighted by atomic mass is 10.1. The monoisotopic (exact) mass is 353 g/mol. The van der Waals surface area contributed by atoms with Gasteiger partial charge in [0.1, 0.15) is 11.9 Å². The molecule has 1 aliphatic rings. The molecular formula is C16H17ClFN3O3. The number of carbonyl (C=O) groups is 1. The van der Waals surface area contributed by atoms with Gasteiger partial charge in [0.05, 0.1) is 38.1 Å². The first-order valence-corrected chi connectivity index (χ1v) is 7.86. The molecule has 2 atom stereocenters. The Hall–Kier alpha value is -2.12. The summed E-state index contributed by atoms with van der Waals surface area (Å²) in [7, 11) is 1.79. The van der Waals surface area contributed by atoms with Crippen LogP contribution in [0.4, 0.5) is 4.39 Å². The van der Waals surface area contributed by atoms with Crippen LogP contribution in [0, 0.1) is 5.82 Å². The second-order valence-electron chi connectivity index (χ2n) is 5.59. The summed E-state index contributed by atoms with van der Waals surface area (Å²) in [6.07, 6.45) is 2.86. The van der Waals surface area contributed by atoms with Crippen molar-refractivity contribution in [3.05, 3.63) is 47.0 Å². The number of amides is 1. The summed E-state index contributed by atoms with van der Waals surface area (Å²) in [5, 5.41) is 7.08. The molecule has 0 spiro atoms. The molecule has 128 valence electrons. The normalized spacial score (nSPS) is 20.1. The van der Waals surface area contributed by atoms with Gasteiger partial charge in [-0.25, -0.2) is 4.39 Å². The predicted molar refractivity (Wildman–Crippen MR) is 85.5 cm³/mol. The van der Waals surface area contributed by atoms with Crippen LogP contribution in [-0.4, -0.2) is 41.0 Å². The standard InChI is InChI=1S/C16H17ClFN3O3/c1-21-7-10(6-19-21)24-15-9-23-8-14(15)20-16(22)5-11-12(17)3-2-4-13(11)18/h2-4,6-7,14-15H,5,8-9H2,1H3,(H,20,22)/t14-,15+/m0/s1. The Labute approximate surface area is 143 Å². The molecular weight excluding hydrogens is 337 g/mol. The van der Waals surface area contributed by atoms with Crippen LogP contribution >= 0.6 is 11.6 Å². The van der Waals surface area contributed by atoms with Crippen LogP contribution in [0.5, 0.6) is 5.75 Å². The molecule has 1 aromatic carbocycles. The summed E-state index contributed by atoms with van der Waals surface area (Å²) in [5.41, 5.74) is 0.181. The zero-order chi connectivity index (χ0) is 17.1. The predicted octanol–water partition coefficient (Wildman–Crippen LogP) is 1.72. The molecule has 0 saturated carbocycles. The van der Waals surface area contributed by atoms with Crippen LogP contribution in [0.2, 0.25) is 5.02 Å². The van der Waals surface area contributed by atoms with Crippen molar-refractivity contribution in [1.82, 2.24) is 15.1 Å². The van der Waals surface area contributed by atoms with E-state index in [2.05, 4.69) is 10.4 Å². The molecule has 24 heavy (non-hydrogen) atoms. The Bertz CT molecular complexity index is 717. The molecule has 0 aliphatic carbocycles. The summed E-state index contributed by atoms with van der Waals surface area (Å²) < 4.78 is 26.6. The van der Waals surface area contributed by atoms with Crippen molar-refractivity contribution in [2.24, 2.45) is 7.05 Å². The van der Waals surface area contributed by atoms with E-state index < -0.39 is 5.82 Å². The third kappa shape index (κ3) is 3.85. The lowest BCUT2D eigenvalue weighted by Gasteiger charge is -2.19. The molecule has 0 bridgehead atoms. The topological polar surface area (TPSA) is 65.4 Å². The Morgan fingerprint density at radius 3 is 3.08 bits per heavy atom. The largest absolute Gasteiger partial charge is 0.482 e. The van der Waals surface area contributed by atoms with E-state index >= 15 is 0 Å². The van der Waals surface area contributed by atoms with Gasteiger partial charge in [0.15, 0.2) is 5.75 Å². The number of hydrogen-bond donors (Lipinski definition) is 1. The number of nitrogens with one attached hydrogen (secondary N) is 1. The van der Waals surface area contributed by atoms with E-state index in [1.165, 1.54) is 12.1 Å². The number of carbonyl (C=O) groups excluding carboxylic acids is 1. The van der Waals surface area contributed by atoms with Gasteiger partial charge in [0.25, 0.3) is 0 Å². The van der Waals surface area contributed by atoms with Crippen LogP contribution in [0.1, 0.15) is 5.56 Å². The van der Waals surface area contributed by atoms with Gasteiger partial charge in [-0.2, -0.15) is 5.10 Å². The first kappa shape index (κ1) is 16.7. The molecule has 1 saturated heterocycles. The lowest BCUT2D eigenvalue weighted by molar-refractivity contribution is -0.121. The zero-order valence-electron chi connectivity index (χ0n) is 13.0. The second kappa shape index (κ2) is 7.19. The molecule has 1 aliphatic heterocycles. The minimum absolute atomic E-state index is 0.137. The van der Waals surface area contributed by atoms with E-state index in [0.29, 0.717) is 19.0 Å². The Balaban J connectivity index is 1.61. The van der Waals surface area contributed by atoms with Gasteiger partial charge in [-0.3, -0.25) is 9.48 Å². The summed E-state index contributed by atoms with van der Waals surface area (Å²) in [5.74, 6) is -0.231. The van der Waals surface area contributed by atoms with Gasteiger partial charge in [-0.1, -0.05) is 17.7 Å². The fourth-order valence-corrected chi connectivity index (χ4v) is 2.77. The SMILES string of the molecule is Cn1cc(O[C@@H]2COC[C@@H]2NC(=O)Cc2c(F)cccc2Cl)cn1. The van der Waals surface area contributed by atoms with Crippen LogP contribution < -0.4 is 10.1 Å². The molecule has 1 amide bonds. The number of hydrogen-bond acceptors (Lipinski definition) is 4. The molecule has 8 heteroatoms. The maximum Gasteiger partial charge on any atom is 0.225 e. The maximum absolute atomic E-state index is 13.8. The van der Waals surface area contributed by atoms with E-state index in [-0.39, 0.29) is 35.1 Å². The molecule has 6 nitrogen and oxygen atoms in total. The van der Waals surface area contributed by atoms with Crippen LogP contribution in [0.3, 0.4) is 0 Å². The highest BCUT2D eigenvalue weighted by Gasteiger charge is 2.32. The Kier molecular flexibility index (Phi) is 5.01. The second-order valence-corrected chi connectivity index (χ2v) is 6.00. The molecule has 1 N–H and O–H groups in total. The number of rotatable bonds is 5. The number of halogens is 2. The first-order valence-electron chi connectivity index (χ1n) is 7.48. The summed E-state index contributed by atoms with van der Waals surface area (Å²) in [6.45, 7) is 0.696. The minimum atomic E-state index is -0.497. The molecule has 3 rings (SSSR count). The molecule has 2 aromatic rings. The Morgan fingerprint density at radius 1 is 1.54 bits per heavy atom. The average Bonchev–Trinajstić information content (AvgIpc) is 3.13. The van der Waals surface area contributed by atoms with Crippen LogP contribution in [0.25, 0.3) is 0 Å². The summed E-state index contributed by atoms with van der Waals surface area (Å²) >= 11 is 5.95. The quantitative estimate of drug-likeness (QED) is 0.889. The van der Waals surface area contributed by atoms with Crippen molar-refractivity contribution in [2.45, 2.75) is 18.6 Å². The van der Waals surface area contributed by atoms with Gasteiger partial charge in [-0.15, -0.1) is 0 Å². The number of benzene rings is 1. The van der Waals surface area contributed by atoms with Crippen molar-refractivity contribution in [2.75, 3.05) is 13.2 Å². The summed E-state index contributed by atoms with van der Waals surface area (Å²) in [6, 6.07) is 4.02. The van der Waals surface area contributed by atoms with E-state index in [4.69, 9.17) is 21.1 Å². The van der Waals surface area contributed by atoms with Gasteiger partial charge < -0.3 is 14.8 Å². The number of aryl methyl sites for hydroxylation is 1. The molecule has 1 fully saturated rings.